The Kier molecular flexibility index (Phi) is 2.74. The molecule has 1 saturated heterocycles. The van der Waals surface area contributed by atoms with E-state index in [9.17, 15) is 9.90 Å². The van der Waals surface area contributed by atoms with Gasteiger partial charge in [-0.1, -0.05) is 0 Å². The molecule has 4 heteroatoms. The molecule has 1 heterocycles. The molecule has 0 radical (unpaired) electrons. The highest BCUT2D eigenvalue weighted by molar-refractivity contribution is 5.85. The lowest BCUT2D eigenvalue weighted by Gasteiger charge is -2.24. The summed E-state index contributed by atoms with van der Waals surface area (Å²) in [6, 6.07) is 0.336. The van der Waals surface area contributed by atoms with Gasteiger partial charge in [0.15, 0.2) is 0 Å². The summed E-state index contributed by atoms with van der Waals surface area (Å²) in [7, 11) is 0. The molecule has 0 aromatic rings. The number of amides is 1. The Morgan fingerprint density at radius 2 is 2.14 bits per heavy atom. The first-order chi connectivity index (χ1) is 6.71. The van der Waals surface area contributed by atoms with Crippen molar-refractivity contribution in [1.29, 1.82) is 0 Å². The molecule has 3 N–H and O–H groups in total. The van der Waals surface area contributed by atoms with Crippen molar-refractivity contribution in [2.75, 3.05) is 13.1 Å². The Morgan fingerprint density at radius 1 is 1.36 bits per heavy atom. The van der Waals surface area contributed by atoms with E-state index in [1.54, 1.807) is 0 Å². The van der Waals surface area contributed by atoms with Gasteiger partial charge in [0.05, 0.1) is 0 Å². The molecule has 1 amide bonds. The van der Waals surface area contributed by atoms with Gasteiger partial charge in [-0.2, -0.15) is 0 Å². The average Bonchev–Trinajstić information content (AvgIpc) is 2.94. The number of aliphatic hydroxyl groups is 1. The summed E-state index contributed by atoms with van der Waals surface area (Å²) < 4.78 is 0. The molecule has 2 aliphatic rings. The molecule has 0 aromatic carbocycles. The van der Waals surface area contributed by atoms with Crippen LogP contribution in [0.15, 0.2) is 0 Å². The maximum absolute atomic E-state index is 11.7. The van der Waals surface area contributed by atoms with Crippen LogP contribution in [-0.2, 0) is 4.79 Å². The van der Waals surface area contributed by atoms with Crippen molar-refractivity contribution >= 4 is 5.91 Å². The number of carbonyl (C=O) groups excluding carboxylic acids is 1. The molecule has 0 bridgehead atoms. The molecule has 2 rings (SSSR count). The van der Waals surface area contributed by atoms with Gasteiger partial charge in [-0.25, -0.2) is 0 Å². The first-order valence-electron chi connectivity index (χ1n) is 5.45. The predicted octanol–water partition coefficient (Wildman–Crippen LogP) is -0.230. The normalized spacial score (nSPS) is 33.5. The fourth-order valence-electron chi connectivity index (χ4n) is 1.83. The van der Waals surface area contributed by atoms with E-state index < -0.39 is 5.60 Å². The number of carbonyl (C=O) groups is 1. The van der Waals surface area contributed by atoms with Crippen molar-refractivity contribution in [3.8, 4) is 0 Å². The van der Waals surface area contributed by atoms with Gasteiger partial charge in [-0.15, -0.1) is 0 Å². The zero-order valence-electron chi connectivity index (χ0n) is 8.38. The standard InChI is InChI=1S/C10H18N2O2/c13-9(12-8-2-3-8)10(14)4-1-6-11-7-5-10/h8,11,14H,1-7H2,(H,12,13). The summed E-state index contributed by atoms with van der Waals surface area (Å²) in [5.41, 5.74) is -1.12. The van der Waals surface area contributed by atoms with Crippen molar-refractivity contribution < 1.29 is 9.90 Å². The first-order valence-corrected chi connectivity index (χ1v) is 5.45. The Morgan fingerprint density at radius 3 is 2.86 bits per heavy atom. The lowest BCUT2D eigenvalue weighted by Crippen LogP contribution is -2.48. The van der Waals surface area contributed by atoms with Crippen LogP contribution in [0.2, 0.25) is 0 Å². The monoisotopic (exact) mass is 198 g/mol. The molecular weight excluding hydrogens is 180 g/mol. The van der Waals surface area contributed by atoms with E-state index in [4.69, 9.17) is 0 Å². The van der Waals surface area contributed by atoms with Gasteiger partial charge in [0.25, 0.3) is 5.91 Å². The summed E-state index contributed by atoms with van der Waals surface area (Å²) in [5, 5.41) is 16.2. The molecule has 2 fully saturated rings. The Hall–Kier alpha value is -0.610. The maximum Gasteiger partial charge on any atom is 0.252 e. The Balaban J connectivity index is 1.92. The third kappa shape index (κ3) is 2.25. The number of rotatable bonds is 2. The fourth-order valence-corrected chi connectivity index (χ4v) is 1.83. The van der Waals surface area contributed by atoms with Gasteiger partial charge in [-0.05, 0) is 45.2 Å². The van der Waals surface area contributed by atoms with Gasteiger partial charge in [-0.3, -0.25) is 4.79 Å². The zero-order valence-corrected chi connectivity index (χ0v) is 8.38. The second-order valence-electron chi connectivity index (χ2n) is 4.38. The minimum absolute atomic E-state index is 0.163. The van der Waals surface area contributed by atoms with Gasteiger partial charge in [0.2, 0.25) is 0 Å². The average molecular weight is 198 g/mol. The Labute approximate surface area is 84.1 Å². The number of hydrogen-bond acceptors (Lipinski definition) is 3. The lowest BCUT2D eigenvalue weighted by molar-refractivity contribution is -0.141. The summed E-state index contributed by atoms with van der Waals surface area (Å²) >= 11 is 0. The van der Waals surface area contributed by atoms with Gasteiger partial charge in [0, 0.05) is 6.04 Å². The van der Waals surface area contributed by atoms with Crippen LogP contribution >= 0.6 is 0 Å². The van der Waals surface area contributed by atoms with Crippen LogP contribution in [-0.4, -0.2) is 35.7 Å². The van der Waals surface area contributed by atoms with Crippen LogP contribution in [0.4, 0.5) is 0 Å². The number of nitrogens with one attached hydrogen (secondary N) is 2. The van der Waals surface area contributed by atoms with Gasteiger partial charge < -0.3 is 15.7 Å². The zero-order chi connectivity index (χ0) is 10.0. The molecule has 1 aliphatic carbocycles. The minimum atomic E-state index is -1.12. The van der Waals surface area contributed by atoms with E-state index in [-0.39, 0.29) is 5.91 Å². The van der Waals surface area contributed by atoms with E-state index in [1.165, 1.54) is 0 Å². The smallest absolute Gasteiger partial charge is 0.252 e. The number of hydrogen-bond donors (Lipinski definition) is 3. The van der Waals surface area contributed by atoms with E-state index in [1.807, 2.05) is 0 Å². The molecular formula is C10H18N2O2. The van der Waals surface area contributed by atoms with E-state index >= 15 is 0 Å². The van der Waals surface area contributed by atoms with Gasteiger partial charge in [0.1, 0.15) is 5.60 Å². The molecule has 14 heavy (non-hydrogen) atoms. The van der Waals surface area contributed by atoms with Gasteiger partial charge >= 0.3 is 0 Å². The molecule has 4 nitrogen and oxygen atoms in total. The van der Waals surface area contributed by atoms with E-state index in [0.717, 1.165) is 32.4 Å². The van der Waals surface area contributed by atoms with Crippen LogP contribution in [0.3, 0.4) is 0 Å². The van der Waals surface area contributed by atoms with Crippen LogP contribution in [0.1, 0.15) is 32.1 Å². The lowest BCUT2D eigenvalue weighted by atomic mass is 9.94. The molecule has 80 valence electrons. The third-order valence-electron chi connectivity index (χ3n) is 2.99. The predicted molar refractivity (Wildman–Crippen MR) is 52.8 cm³/mol. The van der Waals surface area contributed by atoms with Crippen molar-refractivity contribution in [2.24, 2.45) is 0 Å². The molecule has 1 unspecified atom stereocenters. The highest BCUT2D eigenvalue weighted by Crippen LogP contribution is 2.24. The maximum atomic E-state index is 11.7. The van der Waals surface area contributed by atoms with Crippen molar-refractivity contribution in [2.45, 2.75) is 43.7 Å². The summed E-state index contributed by atoms with van der Waals surface area (Å²) in [4.78, 5) is 11.7. The topological polar surface area (TPSA) is 61.4 Å². The SMILES string of the molecule is O=C(NC1CC1)C1(O)CCCNCC1. The minimum Gasteiger partial charge on any atom is -0.380 e. The van der Waals surface area contributed by atoms with Crippen LogP contribution in [0, 0.1) is 0 Å². The molecule has 1 atom stereocenters. The third-order valence-corrected chi connectivity index (χ3v) is 2.99. The molecule has 1 saturated carbocycles. The highest BCUT2D eigenvalue weighted by Gasteiger charge is 2.38. The van der Waals surface area contributed by atoms with Crippen LogP contribution in [0.5, 0.6) is 0 Å². The quantitative estimate of drug-likeness (QED) is 0.574. The Bertz CT molecular complexity index is 218. The summed E-state index contributed by atoms with van der Waals surface area (Å²) in [6.45, 7) is 1.63. The van der Waals surface area contributed by atoms with Crippen LogP contribution in [0.25, 0.3) is 0 Å². The van der Waals surface area contributed by atoms with E-state index in [2.05, 4.69) is 10.6 Å². The largest absolute Gasteiger partial charge is 0.380 e. The van der Waals surface area contributed by atoms with Crippen molar-refractivity contribution in [3.63, 3.8) is 0 Å². The highest BCUT2D eigenvalue weighted by atomic mass is 16.3. The van der Waals surface area contributed by atoms with E-state index in [0.29, 0.717) is 18.9 Å². The first kappa shape index (κ1) is 9.93. The van der Waals surface area contributed by atoms with Crippen molar-refractivity contribution in [3.05, 3.63) is 0 Å². The van der Waals surface area contributed by atoms with Crippen molar-refractivity contribution in [1.82, 2.24) is 10.6 Å². The second-order valence-corrected chi connectivity index (χ2v) is 4.38. The molecule has 1 aliphatic heterocycles. The summed E-state index contributed by atoms with van der Waals surface area (Å²) in [5.74, 6) is -0.163. The fraction of sp³-hybridized carbons (Fsp3) is 0.900. The second kappa shape index (κ2) is 3.87. The summed E-state index contributed by atoms with van der Waals surface area (Å²) in [6.07, 6.45) is 4.12. The van der Waals surface area contributed by atoms with Crippen LogP contribution < -0.4 is 10.6 Å². The molecule has 0 aromatic heterocycles. The molecule has 0 spiro atoms.